The molecule has 2 saturated heterocycles. The first kappa shape index (κ1) is 24.3. The highest BCUT2D eigenvalue weighted by Crippen LogP contribution is 2.29. The van der Waals surface area contributed by atoms with Crippen LogP contribution in [-0.2, 0) is 16.0 Å². The smallest absolute Gasteiger partial charge is 0.227 e. The summed E-state index contributed by atoms with van der Waals surface area (Å²) in [4.78, 5) is 28.8. The van der Waals surface area contributed by atoms with E-state index in [2.05, 4.69) is 40.5 Å². The number of carbonyl (C=O) groups excluding carboxylic acids is 2. The largest absolute Gasteiger partial charge is 0.342 e. The summed E-state index contributed by atoms with van der Waals surface area (Å²) in [6.07, 6.45) is 4.23. The summed E-state index contributed by atoms with van der Waals surface area (Å²) in [5.41, 5.74) is 9.60. The van der Waals surface area contributed by atoms with E-state index in [-0.39, 0.29) is 36.2 Å². The van der Waals surface area contributed by atoms with Gasteiger partial charge < -0.3 is 15.5 Å². The minimum atomic E-state index is -0.142. The second kappa shape index (κ2) is 11.0. The van der Waals surface area contributed by atoms with Gasteiger partial charge in [-0.15, -0.1) is 12.4 Å². The number of aromatic nitrogens is 2. The Labute approximate surface area is 196 Å². The Morgan fingerprint density at radius 1 is 1.06 bits per heavy atom. The van der Waals surface area contributed by atoms with Gasteiger partial charge in [0.15, 0.2) is 0 Å². The number of hydrogen-bond acceptors (Lipinski definition) is 4. The van der Waals surface area contributed by atoms with Crippen LogP contribution in [0.3, 0.4) is 0 Å². The summed E-state index contributed by atoms with van der Waals surface area (Å²) < 4.78 is 0. The number of nitrogens with zero attached hydrogens (tertiary/aromatic N) is 3. The number of nitrogens with two attached hydrogens (primary N) is 1. The second-order valence-corrected chi connectivity index (χ2v) is 9.04. The lowest BCUT2D eigenvalue weighted by molar-refractivity contribution is -0.138. The summed E-state index contributed by atoms with van der Waals surface area (Å²) in [6.45, 7) is 4.08. The normalized spacial score (nSPS) is 22.2. The second-order valence-electron chi connectivity index (χ2n) is 9.04. The third kappa shape index (κ3) is 5.90. The van der Waals surface area contributed by atoms with Crippen molar-refractivity contribution in [2.24, 2.45) is 11.7 Å². The maximum atomic E-state index is 13.2. The molecule has 7 nitrogen and oxygen atoms in total. The quantitative estimate of drug-likeness (QED) is 0.734. The first-order valence-electron chi connectivity index (χ1n) is 11.4. The van der Waals surface area contributed by atoms with Crippen molar-refractivity contribution >= 4 is 24.2 Å². The molecule has 0 bridgehead atoms. The molecule has 0 aliphatic carbocycles. The van der Waals surface area contributed by atoms with E-state index >= 15 is 0 Å². The highest BCUT2D eigenvalue weighted by Gasteiger charge is 2.33. The predicted molar refractivity (Wildman–Crippen MR) is 127 cm³/mol. The van der Waals surface area contributed by atoms with Gasteiger partial charge in [0.1, 0.15) is 0 Å². The third-order valence-corrected chi connectivity index (χ3v) is 6.69. The Balaban J connectivity index is 0.00000289. The van der Waals surface area contributed by atoms with Crippen LogP contribution in [0.1, 0.15) is 55.5 Å². The third-order valence-electron chi connectivity index (χ3n) is 6.69. The summed E-state index contributed by atoms with van der Waals surface area (Å²) in [5, 5.41) is 7.74. The van der Waals surface area contributed by atoms with Gasteiger partial charge in [-0.3, -0.25) is 14.7 Å². The summed E-state index contributed by atoms with van der Waals surface area (Å²) in [7, 11) is 0. The molecular formula is C24H34ClN5O2. The molecule has 0 unspecified atom stereocenters. The molecule has 32 heavy (non-hydrogen) atoms. The molecule has 0 saturated carbocycles. The number of piperidine rings is 1. The predicted octanol–water partition coefficient (Wildman–Crippen LogP) is 2.71. The van der Waals surface area contributed by atoms with Gasteiger partial charge >= 0.3 is 0 Å². The number of amides is 2. The zero-order valence-electron chi connectivity index (χ0n) is 18.7. The average Bonchev–Trinajstić information content (AvgIpc) is 3.14. The van der Waals surface area contributed by atoms with Crippen LogP contribution >= 0.6 is 12.4 Å². The lowest BCUT2D eigenvalue weighted by Gasteiger charge is -2.34. The highest BCUT2D eigenvalue weighted by atomic mass is 35.5. The molecule has 1 aromatic carbocycles. The highest BCUT2D eigenvalue weighted by molar-refractivity contribution is 5.85. The van der Waals surface area contributed by atoms with Gasteiger partial charge in [0.2, 0.25) is 11.8 Å². The van der Waals surface area contributed by atoms with Crippen molar-refractivity contribution in [3.63, 3.8) is 0 Å². The van der Waals surface area contributed by atoms with Gasteiger partial charge in [0, 0.05) is 57.2 Å². The van der Waals surface area contributed by atoms with Crippen LogP contribution in [-0.4, -0.2) is 64.0 Å². The average molecular weight is 460 g/mol. The van der Waals surface area contributed by atoms with E-state index in [0.717, 1.165) is 56.6 Å². The Hall–Kier alpha value is -2.38. The van der Waals surface area contributed by atoms with Gasteiger partial charge in [0.05, 0.1) is 11.6 Å². The molecule has 8 heteroatoms. The van der Waals surface area contributed by atoms with E-state index in [1.165, 1.54) is 5.56 Å². The van der Waals surface area contributed by atoms with Crippen molar-refractivity contribution in [2.75, 3.05) is 26.2 Å². The SMILES string of the molecule is CC(=O)N1C[C@@H](N)CC[C@@H](C(=O)N2CCC(c3cc(Cc4ccccc4)[nH]n3)CC2)C1.Cl. The maximum absolute atomic E-state index is 13.2. The number of benzene rings is 1. The summed E-state index contributed by atoms with van der Waals surface area (Å²) >= 11 is 0. The Morgan fingerprint density at radius 2 is 1.78 bits per heavy atom. The first-order valence-corrected chi connectivity index (χ1v) is 11.4. The molecule has 1 aromatic heterocycles. The molecule has 0 radical (unpaired) electrons. The number of carbonyl (C=O) groups is 2. The molecule has 2 aliphatic heterocycles. The molecule has 2 aromatic rings. The van der Waals surface area contributed by atoms with Crippen LogP contribution in [0.5, 0.6) is 0 Å². The van der Waals surface area contributed by atoms with Crippen molar-refractivity contribution < 1.29 is 9.59 Å². The summed E-state index contributed by atoms with van der Waals surface area (Å²) in [5.74, 6) is 0.405. The standard InChI is InChI=1S/C24H33N5O2.ClH/c1-17(30)29-15-20(7-8-21(25)16-29)24(31)28-11-9-19(10-12-28)23-14-22(26-27-23)13-18-5-3-2-4-6-18;/h2-6,14,19-21H,7-13,15-16,25H2,1H3,(H,26,27);1H/t20-,21+;/m1./s1. The fraction of sp³-hybridized carbons (Fsp3) is 0.542. The Bertz CT molecular complexity index is 895. The number of nitrogens with one attached hydrogen (secondary N) is 1. The molecular weight excluding hydrogens is 426 g/mol. The van der Waals surface area contributed by atoms with Crippen LogP contribution in [0.4, 0.5) is 0 Å². The number of rotatable bonds is 4. The van der Waals surface area contributed by atoms with Crippen LogP contribution in [0.15, 0.2) is 36.4 Å². The van der Waals surface area contributed by atoms with Crippen molar-refractivity contribution in [1.29, 1.82) is 0 Å². The van der Waals surface area contributed by atoms with E-state index in [0.29, 0.717) is 19.0 Å². The molecule has 174 valence electrons. The van der Waals surface area contributed by atoms with Gasteiger partial charge in [-0.1, -0.05) is 30.3 Å². The van der Waals surface area contributed by atoms with E-state index in [4.69, 9.17) is 5.73 Å². The Morgan fingerprint density at radius 3 is 2.47 bits per heavy atom. The first-order chi connectivity index (χ1) is 15.0. The lowest BCUT2D eigenvalue weighted by Crippen LogP contribution is -2.45. The van der Waals surface area contributed by atoms with E-state index < -0.39 is 0 Å². The van der Waals surface area contributed by atoms with Crippen LogP contribution in [0.2, 0.25) is 0 Å². The van der Waals surface area contributed by atoms with Crippen LogP contribution in [0.25, 0.3) is 0 Å². The minimum absolute atomic E-state index is 0. The summed E-state index contributed by atoms with van der Waals surface area (Å²) in [6, 6.07) is 12.5. The number of halogens is 1. The number of aromatic amines is 1. The lowest BCUT2D eigenvalue weighted by atomic mass is 9.91. The van der Waals surface area contributed by atoms with Crippen LogP contribution in [0, 0.1) is 5.92 Å². The van der Waals surface area contributed by atoms with E-state index in [9.17, 15) is 9.59 Å². The van der Waals surface area contributed by atoms with Gasteiger partial charge in [0.25, 0.3) is 0 Å². The number of likely N-dealkylation sites (tertiary alicyclic amines) is 2. The van der Waals surface area contributed by atoms with E-state index in [1.807, 2.05) is 11.0 Å². The minimum Gasteiger partial charge on any atom is -0.342 e. The zero-order valence-corrected chi connectivity index (χ0v) is 19.5. The van der Waals surface area contributed by atoms with Gasteiger partial charge in [-0.05, 0) is 37.3 Å². The fourth-order valence-corrected chi connectivity index (χ4v) is 4.83. The molecule has 4 rings (SSSR count). The topological polar surface area (TPSA) is 95.3 Å². The molecule has 2 amide bonds. The van der Waals surface area contributed by atoms with Gasteiger partial charge in [-0.2, -0.15) is 5.10 Å². The zero-order chi connectivity index (χ0) is 21.8. The fourth-order valence-electron chi connectivity index (χ4n) is 4.83. The number of hydrogen-bond donors (Lipinski definition) is 2. The number of H-pyrrole nitrogens is 1. The van der Waals surface area contributed by atoms with Gasteiger partial charge in [-0.25, -0.2) is 0 Å². The van der Waals surface area contributed by atoms with Crippen molar-refractivity contribution in [3.05, 3.63) is 53.3 Å². The maximum Gasteiger partial charge on any atom is 0.227 e. The van der Waals surface area contributed by atoms with Crippen LogP contribution < -0.4 is 5.73 Å². The molecule has 3 heterocycles. The monoisotopic (exact) mass is 459 g/mol. The van der Waals surface area contributed by atoms with Crippen molar-refractivity contribution in [1.82, 2.24) is 20.0 Å². The molecule has 3 N–H and O–H groups in total. The molecule has 2 aliphatic rings. The van der Waals surface area contributed by atoms with Crippen molar-refractivity contribution in [2.45, 2.75) is 51.0 Å². The Kier molecular flexibility index (Phi) is 8.32. The van der Waals surface area contributed by atoms with E-state index in [1.54, 1.807) is 11.8 Å². The molecule has 0 spiro atoms. The van der Waals surface area contributed by atoms with Crippen molar-refractivity contribution in [3.8, 4) is 0 Å². The molecule has 2 fully saturated rings. The molecule has 2 atom stereocenters.